The first kappa shape index (κ1) is 11.9. The Morgan fingerprint density at radius 3 is 2.80 bits per heavy atom. The molecule has 0 saturated carbocycles. The van der Waals surface area contributed by atoms with Crippen molar-refractivity contribution in [1.82, 2.24) is 5.32 Å². The first-order chi connectivity index (χ1) is 7.13. The lowest BCUT2D eigenvalue weighted by Crippen LogP contribution is -2.30. The molecule has 0 saturated heterocycles. The summed E-state index contributed by atoms with van der Waals surface area (Å²) in [5, 5.41) is 15.2. The van der Waals surface area contributed by atoms with Crippen LogP contribution in [0.15, 0.2) is 18.2 Å². The molecule has 0 aliphatic rings. The molecule has 0 bridgehead atoms. The van der Waals surface area contributed by atoms with Crippen molar-refractivity contribution in [3.05, 3.63) is 29.3 Å². The molecule has 0 radical (unpaired) electrons. The van der Waals surface area contributed by atoms with E-state index in [0.717, 1.165) is 11.3 Å². The third-order valence-corrected chi connectivity index (χ3v) is 2.29. The number of rotatable bonds is 3. The van der Waals surface area contributed by atoms with Crippen molar-refractivity contribution in [2.45, 2.75) is 13.8 Å². The maximum Gasteiger partial charge on any atom is 0.170 e. The van der Waals surface area contributed by atoms with Crippen LogP contribution >= 0.6 is 12.2 Å². The topological polar surface area (TPSA) is 44.3 Å². The van der Waals surface area contributed by atoms with Crippen molar-refractivity contribution in [3.63, 3.8) is 0 Å². The summed E-state index contributed by atoms with van der Waals surface area (Å²) < 4.78 is 0. The predicted octanol–water partition coefficient (Wildman–Crippen LogP) is 1.58. The Kier molecular flexibility index (Phi) is 4.52. The van der Waals surface area contributed by atoms with Crippen LogP contribution in [0.4, 0.5) is 5.69 Å². The van der Waals surface area contributed by atoms with E-state index in [1.54, 1.807) is 0 Å². The van der Waals surface area contributed by atoms with Crippen LogP contribution in [-0.4, -0.2) is 23.4 Å². The average Bonchev–Trinajstić information content (AvgIpc) is 2.20. The second kappa shape index (κ2) is 5.68. The fraction of sp³-hybridized carbons (Fsp3) is 0.364. The van der Waals surface area contributed by atoms with Gasteiger partial charge < -0.3 is 15.7 Å². The molecule has 3 nitrogen and oxygen atoms in total. The summed E-state index contributed by atoms with van der Waals surface area (Å²) in [7, 11) is 0. The Morgan fingerprint density at radius 2 is 2.13 bits per heavy atom. The molecule has 0 heterocycles. The molecular weight excluding hydrogens is 208 g/mol. The molecule has 0 aliphatic carbocycles. The average molecular weight is 224 g/mol. The van der Waals surface area contributed by atoms with Gasteiger partial charge in [-0.1, -0.05) is 12.1 Å². The van der Waals surface area contributed by atoms with Crippen LogP contribution in [0, 0.1) is 13.8 Å². The van der Waals surface area contributed by atoms with E-state index in [4.69, 9.17) is 17.3 Å². The monoisotopic (exact) mass is 224 g/mol. The number of hydrogen-bond acceptors (Lipinski definition) is 2. The SMILES string of the molecule is Cc1ccc(C)c(NC(=S)NCCO)c1. The molecule has 15 heavy (non-hydrogen) atoms. The fourth-order valence-electron chi connectivity index (χ4n) is 1.21. The normalized spacial score (nSPS) is 9.80. The smallest absolute Gasteiger partial charge is 0.170 e. The van der Waals surface area contributed by atoms with Crippen LogP contribution in [-0.2, 0) is 0 Å². The second-order valence-electron chi connectivity index (χ2n) is 3.42. The van der Waals surface area contributed by atoms with E-state index < -0.39 is 0 Å². The molecule has 3 N–H and O–H groups in total. The highest BCUT2D eigenvalue weighted by Gasteiger charge is 2.00. The van der Waals surface area contributed by atoms with Crippen LogP contribution in [0.3, 0.4) is 0 Å². The Bertz CT molecular complexity index is 352. The van der Waals surface area contributed by atoms with Gasteiger partial charge in [0, 0.05) is 12.2 Å². The maximum atomic E-state index is 8.63. The summed E-state index contributed by atoms with van der Waals surface area (Å²) in [6, 6.07) is 6.15. The summed E-state index contributed by atoms with van der Waals surface area (Å²) in [6.45, 7) is 4.61. The van der Waals surface area contributed by atoms with Crippen LogP contribution < -0.4 is 10.6 Å². The number of nitrogens with one attached hydrogen (secondary N) is 2. The summed E-state index contributed by atoms with van der Waals surface area (Å²) in [5.74, 6) is 0. The zero-order valence-electron chi connectivity index (χ0n) is 9.00. The number of hydrogen-bond donors (Lipinski definition) is 3. The lowest BCUT2D eigenvalue weighted by Gasteiger charge is -2.12. The van der Waals surface area contributed by atoms with Crippen LogP contribution in [0.2, 0.25) is 0 Å². The summed E-state index contributed by atoms with van der Waals surface area (Å²) in [6.07, 6.45) is 0. The van der Waals surface area contributed by atoms with Gasteiger partial charge >= 0.3 is 0 Å². The van der Waals surface area contributed by atoms with E-state index in [9.17, 15) is 0 Å². The minimum absolute atomic E-state index is 0.0780. The third-order valence-electron chi connectivity index (χ3n) is 2.04. The fourth-order valence-corrected chi connectivity index (χ4v) is 1.42. The van der Waals surface area contributed by atoms with Crippen LogP contribution in [0.25, 0.3) is 0 Å². The highest BCUT2D eigenvalue weighted by molar-refractivity contribution is 7.80. The van der Waals surface area contributed by atoms with Gasteiger partial charge in [-0.25, -0.2) is 0 Å². The number of anilines is 1. The van der Waals surface area contributed by atoms with Gasteiger partial charge in [0.05, 0.1) is 6.61 Å². The van der Waals surface area contributed by atoms with Gasteiger partial charge in [0.25, 0.3) is 0 Å². The molecule has 0 amide bonds. The van der Waals surface area contributed by atoms with Gasteiger partial charge in [0.2, 0.25) is 0 Å². The van der Waals surface area contributed by atoms with Crippen molar-refractivity contribution < 1.29 is 5.11 Å². The molecule has 0 spiro atoms. The Labute approximate surface area is 95.5 Å². The number of aryl methyl sites for hydroxylation is 2. The lowest BCUT2D eigenvalue weighted by molar-refractivity contribution is 0.301. The molecule has 0 unspecified atom stereocenters. The largest absolute Gasteiger partial charge is 0.395 e. The van der Waals surface area contributed by atoms with E-state index in [0.29, 0.717) is 11.7 Å². The quantitative estimate of drug-likeness (QED) is 0.682. The molecule has 0 fully saturated rings. The lowest BCUT2D eigenvalue weighted by atomic mass is 10.1. The van der Waals surface area contributed by atoms with Crippen molar-refractivity contribution in [1.29, 1.82) is 0 Å². The zero-order valence-corrected chi connectivity index (χ0v) is 9.82. The molecule has 1 aromatic rings. The summed E-state index contributed by atoms with van der Waals surface area (Å²) >= 11 is 5.07. The second-order valence-corrected chi connectivity index (χ2v) is 3.83. The predicted molar refractivity (Wildman–Crippen MR) is 67.2 cm³/mol. The third kappa shape index (κ3) is 3.85. The van der Waals surface area contributed by atoms with Crippen LogP contribution in [0.5, 0.6) is 0 Å². The molecule has 1 rings (SSSR count). The minimum atomic E-state index is 0.0780. The van der Waals surface area contributed by atoms with Crippen molar-refractivity contribution in [3.8, 4) is 0 Å². The van der Waals surface area contributed by atoms with E-state index in [-0.39, 0.29) is 6.61 Å². The molecule has 0 aliphatic heterocycles. The highest BCUT2D eigenvalue weighted by atomic mass is 32.1. The summed E-state index contributed by atoms with van der Waals surface area (Å²) in [5.41, 5.74) is 3.34. The van der Waals surface area contributed by atoms with E-state index in [1.165, 1.54) is 5.56 Å². The molecule has 82 valence electrons. The minimum Gasteiger partial charge on any atom is -0.395 e. The number of aliphatic hydroxyl groups excluding tert-OH is 1. The van der Waals surface area contributed by atoms with E-state index in [1.807, 2.05) is 26.0 Å². The first-order valence-corrected chi connectivity index (χ1v) is 5.27. The van der Waals surface area contributed by atoms with Gasteiger partial charge in [0.15, 0.2) is 5.11 Å². The van der Waals surface area contributed by atoms with Crippen molar-refractivity contribution >= 4 is 23.0 Å². The van der Waals surface area contributed by atoms with Crippen molar-refractivity contribution in [2.75, 3.05) is 18.5 Å². The number of aliphatic hydroxyl groups is 1. The van der Waals surface area contributed by atoms with Gasteiger partial charge in [-0.15, -0.1) is 0 Å². The summed E-state index contributed by atoms with van der Waals surface area (Å²) in [4.78, 5) is 0. The number of benzene rings is 1. The Hall–Kier alpha value is -1.13. The Morgan fingerprint density at radius 1 is 1.40 bits per heavy atom. The molecule has 0 atom stereocenters. The van der Waals surface area contributed by atoms with Gasteiger partial charge in [-0.3, -0.25) is 0 Å². The molecule has 1 aromatic carbocycles. The van der Waals surface area contributed by atoms with Gasteiger partial charge in [-0.2, -0.15) is 0 Å². The first-order valence-electron chi connectivity index (χ1n) is 4.86. The highest BCUT2D eigenvalue weighted by Crippen LogP contribution is 2.15. The standard InChI is InChI=1S/C11H16N2OS/c1-8-3-4-9(2)10(7-8)13-11(15)12-5-6-14/h3-4,7,14H,5-6H2,1-2H3,(H2,12,13,15). The zero-order chi connectivity index (χ0) is 11.3. The van der Waals surface area contributed by atoms with Gasteiger partial charge in [-0.05, 0) is 43.3 Å². The molecule has 0 aromatic heterocycles. The van der Waals surface area contributed by atoms with Crippen molar-refractivity contribution in [2.24, 2.45) is 0 Å². The number of thiocarbonyl (C=S) groups is 1. The molecule has 4 heteroatoms. The van der Waals surface area contributed by atoms with Crippen LogP contribution in [0.1, 0.15) is 11.1 Å². The van der Waals surface area contributed by atoms with E-state index in [2.05, 4.69) is 16.7 Å². The Balaban J connectivity index is 2.63. The van der Waals surface area contributed by atoms with E-state index >= 15 is 0 Å². The maximum absolute atomic E-state index is 8.63. The molecular formula is C11H16N2OS. The van der Waals surface area contributed by atoms with Gasteiger partial charge in [0.1, 0.15) is 0 Å².